The summed E-state index contributed by atoms with van der Waals surface area (Å²) in [5.41, 5.74) is 2.55. The Hall–Kier alpha value is -5.00. The molecule has 5 aromatic rings. The molecule has 12 nitrogen and oxygen atoms in total. The molecule has 0 bridgehead atoms. The van der Waals surface area contributed by atoms with E-state index in [1.807, 2.05) is 55.8 Å². The van der Waals surface area contributed by atoms with Crippen LogP contribution in [0, 0.1) is 6.92 Å². The van der Waals surface area contributed by atoms with E-state index in [9.17, 15) is 4.79 Å². The van der Waals surface area contributed by atoms with E-state index in [0.29, 0.717) is 43.4 Å². The largest absolute Gasteiger partial charge is 0.454 e. The molecule has 0 aliphatic carbocycles. The molecule has 0 spiro atoms. The fourth-order valence-corrected chi connectivity index (χ4v) is 5.05. The van der Waals surface area contributed by atoms with E-state index in [4.69, 9.17) is 14.7 Å². The number of aromatic amines is 1. The minimum absolute atomic E-state index is 0.0634. The zero-order valence-corrected chi connectivity index (χ0v) is 22.6. The highest BCUT2D eigenvalue weighted by molar-refractivity contribution is 5.95. The van der Waals surface area contributed by atoms with E-state index >= 15 is 0 Å². The van der Waals surface area contributed by atoms with Crippen LogP contribution in [0.3, 0.4) is 0 Å². The predicted molar refractivity (Wildman–Crippen MR) is 152 cm³/mol. The Labute approximate surface area is 230 Å². The van der Waals surface area contributed by atoms with Crippen LogP contribution in [0.5, 0.6) is 11.5 Å². The molecule has 2 N–H and O–H groups in total. The highest BCUT2D eigenvalue weighted by Gasteiger charge is 2.25. The van der Waals surface area contributed by atoms with Gasteiger partial charge in [0.2, 0.25) is 11.9 Å². The smallest absolute Gasteiger partial charge is 0.246 e. The monoisotopic (exact) mass is 538 g/mol. The molecule has 1 atom stereocenters. The zero-order chi connectivity index (χ0) is 27.8. The Balaban J connectivity index is 1.43. The van der Waals surface area contributed by atoms with Gasteiger partial charge in [-0.2, -0.15) is 10.1 Å². The van der Waals surface area contributed by atoms with Crippen LogP contribution < -0.4 is 15.0 Å². The second-order valence-electron chi connectivity index (χ2n) is 9.85. The molecule has 1 unspecified atom stereocenters. The number of fused-ring (bicyclic) bond motifs is 2. The summed E-state index contributed by atoms with van der Waals surface area (Å²) in [5, 5.41) is 20.6. The molecule has 1 amide bonds. The summed E-state index contributed by atoms with van der Waals surface area (Å²) >= 11 is 0. The number of anilines is 2. The van der Waals surface area contributed by atoms with Gasteiger partial charge in [0.05, 0.1) is 23.1 Å². The molecule has 204 valence electrons. The van der Waals surface area contributed by atoms with E-state index in [-0.39, 0.29) is 11.9 Å². The van der Waals surface area contributed by atoms with Gasteiger partial charge in [-0.15, -0.1) is 10.2 Å². The van der Waals surface area contributed by atoms with Gasteiger partial charge in [0, 0.05) is 38.6 Å². The summed E-state index contributed by atoms with van der Waals surface area (Å²) in [4.78, 5) is 26.0. The third-order valence-corrected chi connectivity index (χ3v) is 7.20. The summed E-state index contributed by atoms with van der Waals surface area (Å²) in [6.45, 7) is 10.0. The van der Waals surface area contributed by atoms with Crippen molar-refractivity contribution in [3.8, 4) is 11.5 Å². The highest BCUT2D eigenvalue weighted by Crippen LogP contribution is 2.38. The predicted octanol–water partition coefficient (Wildman–Crippen LogP) is 3.74. The zero-order valence-electron chi connectivity index (χ0n) is 22.6. The fraction of sp³-hybridized carbons (Fsp3) is 0.286. The van der Waals surface area contributed by atoms with Crippen LogP contribution in [0.15, 0.2) is 55.5 Å². The molecule has 2 aromatic carbocycles. The number of aryl methyl sites for hydroxylation is 2. The number of nitrogens with one attached hydrogen (secondary N) is 2. The fourth-order valence-electron chi connectivity index (χ4n) is 5.05. The minimum atomic E-state index is -0.199. The molecule has 1 aliphatic rings. The lowest BCUT2D eigenvalue weighted by Gasteiger charge is -2.35. The summed E-state index contributed by atoms with van der Waals surface area (Å²) < 4.78 is 8.42. The molecule has 4 heterocycles. The first kappa shape index (κ1) is 25.3. The van der Waals surface area contributed by atoms with Crippen molar-refractivity contribution in [2.75, 3.05) is 36.4 Å². The molecular weight excluding hydrogens is 508 g/mol. The number of H-pyrrole nitrogens is 1. The highest BCUT2D eigenvalue weighted by atomic mass is 16.5. The third-order valence-electron chi connectivity index (χ3n) is 7.20. The van der Waals surface area contributed by atoms with Gasteiger partial charge in [-0.25, -0.2) is 4.98 Å². The lowest BCUT2D eigenvalue weighted by molar-refractivity contribution is -0.126. The molecule has 3 aromatic heterocycles. The lowest BCUT2D eigenvalue weighted by Crippen LogP contribution is -2.48. The number of rotatable bonds is 7. The van der Waals surface area contributed by atoms with Crippen LogP contribution in [0.1, 0.15) is 24.4 Å². The number of benzene rings is 2. The van der Waals surface area contributed by atoms with Gasteiger partial charge in [0.15, 0.2) is 11.6 Å². The number of amides is 1. The van der Waals surface area contributed by atoms with Gasteiger partial charge >= 0.3 is 0 Å². The summed E-state index contributed by atoms with van der Waals surface area (Å²) in [7, 11) is 1.90. The molecule has 12 heteroatoms. The molecule has 1 saturated heterocycles. The van der Waals surface area contributed by atoms with E-state index < -0.39 is 0 Å². The maximum atomic E-state index is 12.2. The number of carbonyl (C=O) groups is 1. The van der Waals surface area contributed by atoms with Crippen LogP contribution >= 0.6 is 0 Å². The first-order valence-electron chi connectivity index (χ1n) is 13.1. The van der Waals surface area contributed by atoms with Crippen LogP contribution in [0.25, 0.3) is 21.8 Å². The van der Waals surface area contributed by atoms with Gasteiger partial charge in [-0.05, 0) is 43.7 Å². The molecule has 0 saturated carbocycles. The second-order valence-corrected chi connectivity index (χ2v) is 9.85. The molecule has 1 fully saturated rings. The number of carbonyl (C=O) groups excluding carboxylic acids is 1. The molecule has 1 aliphatic heterocycles. The quantitative estimate of drug-likeness (QED) is 0.298. The van der Waals surface area contributed by atoms with Crippen molar-refractivity contribution >= 4 is 39.5 Å². The standard InChI is InChI=1S/C28H30N10O2/c1-5-23(39)37-11-13-38(14-12-37)27-19-7-6-8-22(40-25-17(2)9-10-21-20(25)15-29-34-21)24(19)32-28(33-27)31-18(3)26-35-30-16-36(26)4/h5-10,15-16,18H,1,11-14H2,2-4H3,(H,29,34)(H,31,32,33). The van der Waals surface area contributed by atoms with Crippen LogP contribution in [0.2, 0.25) is 0 Å². The van der Waals surface area contributed by atoms with Crippen molar-refractivity contribution < 1.29 is 9.53 Å². The lowest BCUT2D eigenvalue weighted by atomic mass is 10.1. The number of hydrogen-bond donors (Lipinski definition) is 2. The van der Waals surface area contributed by atoms with E-state index in [1.54, 1.807) is 17.4 Å². The van der Waals surface area contributed by atoms with Crippen LogP contribution in [-0.4, -0.2) is 71.9 Å². The second kappa shape index (κ2) is 10.3. The number of para-hydroxylation sites is 1. The van der Waals surface area contributed by atoms with E-state index in [0.717, 1.165) is 39.2 Å². The first-order chi connectivity index (χ1) is 19.4. The molecule has 40 heavy (non-hydrogen) atoms. The Morgan fingerprint density at radius 1 is 1.15 bits per heavy atom. The van der Waals surface area contributed by atoms with Gasteiger partial charge in [0.1, 0.15) is 23.4 Å². The number of aromatic nitrogens is 7. The van der Waals surface area contributed by atoms with Crippen molar-refractivity contribution in [2.45, 2.75) is 19.9 Å². The SMILES string of the molecule is C=CC(=O)N1CCN(c2nc(NC(C)c3nncn3C)nc3c(Oc4c(C)ccc5[nH]ncc45)cccc23)CC1. The van der Waals surface area contributed by atoms with E-state index in [1.165, 1.54) is 6.08 Å². The third kappa shape index (κ3) is 4.57. The molecule has 6 rings (SSSR count). The Morgan fingerprint density at radius 3 is 2.73 bits per heavy atom. The Morgan fingerprint density at radius 2 is 1.98 bits per heavy atom. The summed E-state index contributed by atoms with van der Waals surface area (Å²) in [6.07, 6.45) is 4.79. The van der Waals surface area contributed by atoms with Crippen molar-refractivity contribution in [3.63, 3.8) is 0 Å². The van der Waals surface area contributed by atoms with Gasteiger partial charge in [-0.3, -0.25) is 9.89 Å². The Kier molecular flexibility index (Phi) is 6.50. The Bertz CT molecular complexity index is 1720. The van der Waals surface area contributed by atoms with Crippen molar-refractivity contribution in [1.82, 2.24) is 39.8 Å². The molecule has 0 radical (unpaired) electrons. The van der Waals surface area contributed by atoms with Gasteiger partial charge in [0.25, 0.3) is 0 Å². The number of piperazine rings is 1. The maximum Gasteiger partial charge on any atom is 0.246 e. The summed E-state index contributed by atoms with van der Waals surface area (Å²) in [6, 6.07) is 9.65. The molecular formula is C28H30N10O2. The number of nitrogens with zero attached hydrogens (tertiary/aromatic N) is 8. The maximum absolute atomic E-state index is 12.2. The van der Waals surface area contributed by atoms with Gasteiger partial charge in [-0.1, -0.05) is 18.7 Å². The van der Waals surface area contributed by atoms with Crippen LogP contribution in [0.4, 0.5) is 11.8 Å². The van der Waals surface area contributed by atoms with Gasteiger partial charge < -0.3 is 24.4 Å². The average Bonchev–Trinajstić information content (AvgIpc) is 3.63. The van der Waals surface area contributed by atoms with E-state index in [2.05, 4.69) is 37.2 Å². The normalized spacial score (nSPS) is 14.5. The van der Waals surface area contributed by atoms with Crippen molar-refractivity contribution in [1.29, 1.82) is 0 Å². The minimum Gasteiger partial charge on any atom is -0.454 e. The van der Waals surface area contributed by atoms with Crippen molar-refractivity contribution in [2.24, 2.45) is 7.05 Å². The average molecular weight is 539 g/mol. The summed E-state index contributed by atoms with van der Waals surface area (Å²) in [5.74, 6) is 3.23. The first-order valence-corrected chi connectivity index (χ1v) is 13.1. The number of ether oxygens (including phenoxy) is 1. The van der Waals surface area contributed by atoms with Crippen LogP contribution in [-0.2, 0) is 11.8 Å². The van der Waals surface area contributed by atoms with Crippen molar-refractivity contribution in [3.05, 3.63) is 66.9 Å². The topological polar surface area (TPSA) is 130 Å². The number of hydrogen-bond acceptors (Lipinski definition) is 9.